The molecule has 2 atom stereocenters. The molecule has 1 aromatic rings. The first-order valence-corrected chi connectivity index (χ1v) is 6.65. The molecule has 2 nitrogen and oxygen atoms in total. The summed E-state index contributed by atoms with van der Waals surface area (Å²) < 4.78 is 13.5. The summed E-state index contributed by atoms with van der Waals surface area (Å²) in [6.07, 6.45) is 5.67. The summed E-state index contributed by atoms with van der Waals surface area (Å²) >= 11 is 0. The van der Waals surface area contributed by atoms with Crippen molar-refractivity contribution in [1.29, 1.82) is 0 Å². The molecule has 3 heteroatoms. The quantitative estimate of drug-likeness (QED) is 0.872. The van der Waals surface area contributed by atoms with Gasteiger partial charge in [-0.2, -0.15) is 0 Å². The molecule has 1 aromatic carbocycles. The lowest BCUT2D eigenvalue weighted by Crippen LogP contribution is -2.17. The fourth-order valence-corrected chi connectivity index (χ4v) is 3.09. The van der Waals surface area contributed by atoms with Gasteiger partial charge in [-0.25, -0.2) is 9.18 Å². The minimum atomic E-state index is -1.06. The summed E-state index contributed by atoms with van der Waals surface area (Å²) in [6.45, 7) is 2.15. The minimum absolute atomic E-state index is 0.0606. The largest absolute Gasteiger partial charge is 0.478 e. The third kappa shape index (κ3) is 2.71. The highest BCUT2D eigenvalue weighted by Gasteiger charge is 2.26. The van der Waals surface area contributed by atoms with E-state index in [0.29, 0.717) is 11.8 Å². The van der Waals surface area contributed by atoms with Gasteiger partial charge in [0.15, 0.2) is 0 Å². The molecule has 0 radical (unpaired) electrons. The van der Waals surface area contributed by atoms with Crippen LogP contribution in [0.3, 0.4) is 0 Å². The number of halogens is 1. The Labute approximate surface area is 107 Å². The second-order valence-corrected chi connectivity index (χ2v) is 5.14. The number of rotatable bonds is 3. The van der Waals surface area contributed by atoms with E-state index in [1.165, 1.54) is 18.9 Å². The SMILES string of the molecule is CCC1CCCCC1c1cc(F)cc(C(=O)O)c1. The van der Waals surface area contributed by atoms with Gasteiger partial charge in [0, 0.05) is 0 Å². The number of carbonyl (C=O) groups is 1. The van der Waals surface area contributed by atoms with Crippen molar-refractivity contribution in [1.82, 2.24) is 0 Å². The lowest BCUT2D eigenvalue weighted by Gasteiger charge is -2.31. The molecule has 1 fully saturated rings. The molecule has 0 heterocycles. The Morgan fingerprint density at radius 1 is 1.33 bits per heavy atom. The van der Waals surface area contributed by atoms with Gasteiger partial charge in [0.25, 0.3) is 0 Å². The van der Waals surface area contributed by atoms with E-state index in [1.54, 1.807) is 6.07 Å². The van der Waals surface area contributed by atoms with Crippen LogP contribution in [0.2, 0.25) is 0 Å². The van der Waals surface area contributed by atoms with E-state index in [4.69, 9.17) is 5.11 Å². The minimum Gasteiger partial charge on any atom is -0.478 e. The second kappa shape index (κ2) is 5.51. The third-order valence-corrected chi connectivity index (χ3v) is 4.03. The molecule has 1 N–H and O–H groups in total. The van der Waals surface area contributed by atoms with E-state index in [0.717, 1.165) is 30.9 Å². The van der Waals surface area contributed by atoms with E-state index in [1.807, 2.05) is 0 Å². The summed E-state index contributed by atoms with van der Waals surface area (Å²) in [4.78, 5) is 11.0. The maximum absolute atomic E-state index is 13.5. The van der Waals surface area contributed by atoms with E-state index in [-0.39, 0.29) is 5.56 Å². The van der Waals surface area contributed by atoms with Crippen LogP contribution in [0.1, 0.15) is 60.9 Å². The molecule has 1 aliphatic carbocycles. The molecule has 0 amide bonds. The summed E-state index contributed by atoms with van der Waals surface area (Å²) in [5.41, 5.74) is 0.921. The molecule has 2 unspecified atom stereocenters. The van der Waals surface area contributed by atoms with Gasteiger partial charge in [-0.05, 0) is 48.4 Å². The van der Waals surface area contributed by atoms with Crippen molar-refractivity contribution in [2.45, 2.75) is 44.9 Å². The lowest BCUT2D eigenvalue weighted by molar-refractivity contribution is 0.0696. The molecule has 2 rings (SSSR count). The Bertz CT molecular complexity index is 442. The van der Waals surface area contributed by atoms with E-state index >= 15 is 0 Å². The lowest BCUT2D eigenvalue weighted by atomic mass is 9.74. The predicted octanol–water partition coefficient (Wildman–Crippen LogP) is 4.21. The molecule has 0 spiro atoms. The summed E-state index contributed by atoms with van der Waals surface area (Å²) in [5.74, 6) is -0.621. The van der Waals surface area contributed by atoms with E-state index in [2.05, 4.69) is 6.92 Å². The van der Waals surface area contributed by atoms with Gasteiger partial charge in [0.2, 0.25) is 0 Å². The first-order chi connectivity index (χ1) is 8.61. The van der Waals surface area contributed by atoms with Crippen LogP contribution in [0.15, 0.2) is 18.2 Å². The maximum atomic E-state index is 13.5. The Morgan fingerprint density at radius 3 is 2.72 bits per heavy atom. The Hall–Kier alpha value is -1.38. The average Bonchev–Trinajstić information content (AvgIpc) is 2.38. The molecule has 0 aliphatic heterocycles. The molecular weight excluding hydrogens is 231 g/mol. The first kappa shape index (κ1) is 13.1. The number of hydrogen-bond acceptors (Lipinski definition) is 1. The van der Waals surface area contributed by atoms with E-state index < -0.39 is 11.8 Å². The molecule has 0 saturated heterocycles. The summed E-state index contributed by atoms with van der Waals surface area (Å²) in [6, 6.07) is 4.24. The fraction of sp³-hybridized carbons (Fsp3) is 0.533. The van der Waals surface area contributed by atoms with Gasteiger partial charge in [-0.1, -0.05) is 26.2 Å². The van der Waals surface area contributed by atoms with Gasteiger partial charge in [-0.15, -0.1) is 0 Å². The van der Waals surface area contributed by atoms with Crippen LogP contribution in [0, 0.1) is 11.7 Å². The Kier molecular flexibility index (Phi) is 4.00. The number of hydrogen-bond donors (Lipinski definition) is 1. The first-order valence-electron chi connectivity index (χ1n) is 6.65. The van der Waals surface area contributed by atoms with Crippen molar-refractivity contribution in [2.75, 3.05) is 0 Å². The summed E-state index contributed by atoms with van der Waals surface area (Å²) in [5, 5.41) is 8.99. The zero-order chi connectivity index (χ0) is 13.1. The van der Waals surface area contributed by atoms with Crippen molar-refractivity contribution in [3.63, 3.8) is 0 Å². The van der Waals surface area contributed by atoms with Gasteiger partial charge in [0.05, 0.1) is 5.56 Å². The highest BCUT2D eigenvalue weighted by Crippen LogP contribution is 2.39. The van der Waals surface area contributed by atoms with Crippen LogP contribution in [0.5, 0.6) is 0 Å². The van der Waals surface area contributed by atoms with Gasteiger partial charge in [-0.3, -0.25) is 0 Å². The zero-order valence-corrected chi connectivity index (χ0v) is 10.7. The Balaban J connectivity index is 2.33. The van der Waals surface area contributed by atoms with Crippen molar-refractivity contribution < 1.29 is 14.3 Å². The second-order valence-electron chi connectivity index (χ2n) is 5.14. The van der Waals surface area contributed by atoms with E-state index in [9.17, 15) is 9.18 Å². The molecule has 1 aliphatic rings. The highest BCUT2D eigenvalue weighted by atomic mass is 19.1. The molecule has 98 valence electrons. The van der Waals surface area contributed by atoms with Crippen LogP contribution in [-0.4, -0.2) is 11.1 Å². The topological polar surface area (TPSA) is 37.3 Å². The average molecular weight is 250 g/mol. The Morgan fingerprint density at radius 2 is 2.06 bits per heavy atom. The molecule has 1 saturated carbocycles. The smallest absolute Gasteiger partial charge is 0.335 e. The van der Waals surface area contributed by atoms with Crippen molar-refractivity contribution in [3.8, 4) is 0 Å². The van der Waals surface area contributed by atoms with Crippen LogP contribution in [0.4, 0.5) is 4.39 Å². The number of carboxylic acids is 1. The van der Waals surface area contributed by atoms with Crippen LogP contribution in [0.25, 0.3) is 0 Å². The van der Waals surface area contributed by atoms with Gasteiger partial charge < -0.3 is 5.11 Å². The van der Waals surface area contributed by atoms with Crippen molar-refractivity contribution >= 4 is 5.97 Å². The molecule has 0 bridgehead atoms. The van der Waals surface area contributed by atoms with Gasteiger partial charge >= 0.3 is 5.97 Å². The normalized spacial score (nSPS) is 23.9. The van der Waals surface area contributed by atoms with Gasteiger partial charge in [0.1, 0.15) is 5.82 Å². The number of aromatic carboxylic acids is 1. The number of carboxylic acid groups (broad SMARTS) is 1. The van der Waals surface area contributed by atoms with Crippen LogP contribution in [-0.2, 0) is 0 Å². The molecular formula is C15H19FO2. The summed E-state index contributed by atoms with van der Waals surface area (Å²) in [7, 11) is 0. The predicted molar refractivity (Wildman–Crippen MR) is 68.3 cm³/mol. The van der Waals surface area contributed by atoms with Crippen LogP contribution >= 0.6 is 0 Å². The molecule has 18 heavy (non-hydrogen) atoms. The fourth-order valence-electron chi connectivity index (χ4n) is 3.09. The number of benzene rings is 1. The maximum Gasteiger partial charge on any atom is 0.335 e. The van der Waals surface area contributed by atoms with Crippen LogP contribution < -0.4 is 0 Å². The highest BCUT2D eigenvalue weighted by molar-refractivity contribution is 5.87. The van der Waals surface area contributed by atoms with Crippen molar-refractivity contribution in [2.24, 2.45) is 5.92 Å². The third-order valence-electron chi connectivity index (χ3n) is 4.03. The zero-order valence-electron chi connectivity index (χ0n) is 10.7. The standard InChI is InChI=1S/C15H19FO2/c1-2-10-5-3-4-6-14(10)11-7-12(15(17)18)9-13(16)8-11/h7-10,14H,2-6H2,1H3,(H,17,18). The van der Waals surface area contributed by atoms with Crippen molar-refractivity contribution in [3.05, 3.63) is 35.1 Å². The monoisotopic (exact) mass is 250 g/mol. The molecule has 0 aromatic heterocycles.